The number of nitrogens with zero attached hydrogens (tertiary/aromatic N) is 2. The molecule has 1 N–H and O–H groups in total. The van der Waals surface area contributed by atoms with E-state index >= 15 is 0 Å². The van der Waals surface area contributed by atoms with Gasteiger partial charge in [-0.15, -0.1) is 0 Å². The topological polar surface area (TPSA) is 65.4 Å². The summed E-state index contributed by atoms with van der Waals surface area (Å²) in [5.74, 6) is 1.27. The number of aryl methyl sites for hydroxylation is 2. The summed E-state index contributed by atoms with van der Waals surface area (Å²) >= 11 is 0. The molecule has 0 bridgehead atoms. The van der Waals surface area contributed by atoms with Gasteiger partial charge in [0.15, 0.2) is 11.5 Å². The number of nitrogens with one attached hydrogen (secondary N) is 1. The average Bonchev–Trinajstić information content (AvgIpc) is 2.86. The third-order valence-corrected chi connectivity index (χ3v) is 3.32. The molecule has 2 rings (SSSR count). The third-order valence-electron chi connectivity index (χ3n) is 3.32. The Morgan fingerprint density at radius 2 is 1.91 bits per heavy atom. The molecule has 0 saturated heterocycles. The molecule has 2 aromatic rings. The van der Waals surface area contributed by atoms with Gasteiger partial charge in [0.2, 0.25) is 0 Å². The van der Waals surface area contributed by atoms with Gasteiger partial charge in [0.25, 0.3) is 5.91 Å². The lowest BCUT2D eigenvalue weighted by Crippen LogP contribution is -2.23. The summed E-state index contributed by atoms with van der Waals surface area (Å²) in [5.41, 5.74) is 2.25. The Bertz CT molecular complexity index is 680. The van der Waals surface area contributed by atoms with Gasteiger partial charge in [-0.2, -0.15) is 5.10 Å². The normalized spacial score (nSPS) is 10.4. The van der Waals surface area contributed by atoms with Crippen LogP contribution in [0.5, 0.6) is 11.5 Å². The minimum atomic E-state index is -0.137. The molecule has 1 aromatic heterocycles. The average molecular weight is 317 g/mol. The molecule has 0 spiro atoms. The molecule has 6 heteroatoms. The van der Waals surface area contributed by atoms with Crippen LogP contribution in [0.3, 0.4) is 0 Å². The van der Waals surface area contributed by atoms with Crippen LogP contribution in [0.25, 0.3) is 0 Å². The first kappa shape index (κ1) is 16.9. The molecule has 23 heavy (non-hydrogen) atoms. The fraction of sp³-hybridized carbons (Fsp3) is 0.412. The lowest BCUT2D eigenvalue weighted by atomic mass is 10.2. The van der Waals surface area contributed by atoms with Crippen molar-refractivity contribution in [2.45, 2.75) is 27.3 Å². The number of amides is 1. The SMILES string of the molecule is CCOc1ccc(CNC(=O)c2cn(C)nc2C)cc1OCC. The second-order valence-electron chi connectivity index (χ2n) is 5.13. The van der Waals surface area contributed by atoms with Crippen LogP contribution in [0.1, 0.15) is 35.5 Å². The Morgan fingerprint density at radius 3 is 2.52 bits per heavy atom. The second kappa shape index (κ2) is 7.67. The molecule has 0 atom stereocenters. The first-order chi connectivity index (χ1) is 11.0. The van der Waals surface area contributed by atoms with Gasteiger partial charge in [-0.25, -0.2) is 0 Å². The van der Waals surface area contributed by atoms with Crippen LogP contribution in [0, 0.1) is 6.92 Å². The maximum atomic E-state index is 12.2. The van der Waals surface area contributed by atoms with Gasteiger partial charge in [0, 0.05) is 19.8 Å². The standard InChI is InChI=1S/C17H23N3O3/c1-5-22-15-8-7-13(9-16(15)23-6-2)10-18-17(21)14-11-20(4)19-12(14)3/h7-9,11H,5-6,10H2,1-4H3,(H,18,21). The Labute approximate surface area is 136 Å². The van der Waals surface area contributed by atoms with Gasteiger partial charge >= 0.3 is 0 Å². The number of aromatic nitrogens is 2. The number of rotatable bonds is 7. The van der Waals surface area contributed by atoms with Crippen LogP contribution in [0.4, 0.5) is 0 Å². The quantitative estimate of drug-likeness (QED) is 0.852. The van der Waals surface area contributed by atoms with Crippen LogP contribution >= 0.6 is 0 Å². The molecule has 0 saturated carbocycles. The number of hydrogen-bond donors (Lipinski definition) is 1. The van der Waals surface area contributed by atoms with Crippen molar-refractivity contribution in [3.05, 3.63) is 41.2 Å². The summed E-state index contributed by atoms with van der Waals surface area (Å²) in [4.78, 5) is 12.2. The lowest BCUT2D eigenvalue weighted by Gasteiger charge is -2.12. The predicted molar refractivity (Wildman–Crippen MR) is 87.9 cm³/mol. The van der Waals surface area contributed by atoms with Crippen LogP contribution in [-0.2, 0) is 13.6 Å². The number of carbonyl (C=O) groups is 1. The van der Waals surface area contributed by atoms with Crippen LogP contribution in [-0.4, -0.2) is 28.9 Å². The fourth-order valence-electron chi connectivity index (χ4n) is 2.31. The number of benzene rings is 1. The van der Waals surface area contributed by atoms with Crippen LogP contribution < -0.4 is 14.8 Å². The van der Waals surface area contributed by atoms with Gasteiger partial charge < -0.3 is 14.8 Å². The summed E-state index contributed by atoms with van der Waals surface area (Å²) in [6, 6.07) is 5.68. The maximum absolute atomic E-state index is 12.2. The van der Waals surface area contributed by atoms with Gasteiger partial charge in [-0.05, 0) is 38.5 Å². The zero-order valence-corrected chi connectivity index (χ0v) is 14.0. The zero-order valence-electron chi connectivity index (χ0n) is 14.0. The molecule has 0 aliphatic heterocycles. The molecular formula is C17H23N3O3. The van der Waals surface area contributed by atoms with Crippen molar-refractivity contribution in [2.75, 3.05) is 13.2 Å². The molecule has 124 valence electrons. The molecular weight excluding hydrogens is 294 g/mol. The third kappa shape index (κ3) is 4.25. The van der Waals surface area contributed by atoms with E-state index in [0.717, 1.165) is 5.56 Å². The summed E-state index contributed by atoms with van der Waals surface area (Å²) < 4.78 is 12.8. The Morgan fingerprint density at radius 1 is 1.22 bits per heavy atom. The first-order valence-corrected chi connectivity index (χ1v) is 7.72. The molecule has 1 amide bonds. The first-order valence-electron chi connectivity index (χ1n) is 7.72. The van der Waals surface area contributed by atoms with E-state index in [2.05, 4.69) is 10.4 Å². The van der Waals surface area contributed by atoms with E-state index in [0.29, 0.717) is 42.5 Å². The smallest absolute Gasteiger partial charge is 0.255 e. The predicted octanol–water partition coefficient (Wildman–Crippen LogP) is 2.46. The van der Waals surface area contributed by atoms with Crippen molar-refractivity contribution in [3.8, 4) is 11.5 Å². The highest BCUT2D eigenvalue weighted by atomic mass is 16.5. The number of hydrogen-bond acceptors (Lipinski definition) is 4. The van der Waals surface area contributed by atoms with Crippen molar-refractivity contribution in [1.82, 2.24) is 15.1 Å². The summed E-state index contributed by atoms with van der Waals surface area (Å²) in [6.45, 7) is 7.23. The van der Waals surface area contributed by atoms with E-state index < -0.39 is 0 Å². The van der Waals surface area contributed by atoms with E-state index in [9.17, 15) is 4.79 Å². The molecule has 0 aliphatic rings. The van der Waals surface area contributed by atoms with E-state index in [1.165, 1.54) is 0 Å². The van der Waals surface area contributed by atoms with Crippen molar-refractivity contribution in [1.29, 1.82) is 0 Å². The Balaban J connectivity index is 2.06. The Kier molecular flexibility index (Phi) is 5.62. The van der Waals surface area contributed by atoms with Gasteiger partial charge in [0.1, 0.15) is 0 Å². The van der Waals surface area contributed by atoms with Crippen molar-refractivity contribution < 1.29 is 14.3 Å². The minimum absolute atomic E-state index is 0.137. The molecule has 0 radical (unpaired) electrons. The highest BCUT2D eigenvalue weighted by molar-refractivity contribution is 5.94. The zero-order chi connectivity index (χ0) is 16.8. The van der Waals surface area contributed by atoms with Gasteiger partial charge in [-0.3, -0.25) is 9.48 Å². The fourth-order valence-corrected chi connectivity index (χ4v) is 2.31. The van der Waals surface area contributed by atoms with Crippen molar-refractivity contribution >= 4 is 5.91 Å². The molecule has 1 aromatic carbocycles. The second-order valence-corrected chi connectivity index (χ2v) is 5.13. The van der Waals surface area contributed by atoms with Crippen LogP contribution in [0.15, 0.2) is 24.4 Å². The summed E-state index contributed by atoms with van der Waals surface area (Å²) in [6.07, 6.45) is 1.72. The maximum Gasteiger partial charge on any atom is 0.255 e. The molecule has 0 unspecified atom stereocenters. The van der Waals surface area contributed by atoms with E-state index in [-0.39, 0.29) is 5.91 Å². The molecule has 0 fully saturated rings. The number of ether oxygens (including phenoxy) is 2. The van der Waals surface area contributed by atoms with E-state index in [1.54, 1.807) is 17.9 Å². The highest BCUT2D eigenvalue weighted by Gasteiger charge is 2.13. The van der Waals surface area contributed by atoms with E-state index in [1.807, 2.05) is 39.0 Å². The van der Waals surface area contributed by atoms with Crippen LogP contribution in [0.2, 0.25) is 0 Å². The molecule has 1 heterocycles. The summed E-state index contributed by atoms with van der Waals surface area (Å²) in [5, 5.41) is 7.08. The van der Waals surface area contributed by atoms with Crippen molar-refractivity contribution in [3.63, 3.8) is 0 Å². The molecule has 0 aliphatic carbocycles. The Hall–Kier alpha value is -2.50. The van der Waals surface area contributed by atoms with Crippen molar-refractivity contribution in [2.24, 2.45) is 7.05 Å². The monoisotopic (exact) mass is 317 g/mol. The lowest BCUT2D eigenvalue weighted by molar-refractivity contribution is 0.0950. The minimum Gasteiger partial charge on any atom is -0.490 e. The number of carbonyl (C=O) groups excluding carboxylic acids is 1. The summed E-state index contributed by atoms with van der Waals surface area (Å²) in [7, 11) is 1.80. The van der Waals surface area contributed by atoms with E-state index in [4.69, 9.17) is 9.47 Å². The largest absolute Gasteiger partial charge is 0.490 e. The molecule has 6 nitrogen and oxygen atoms in total. The highest BCUT2D eigenvalue weighted by Crippen LogP contribution is 2.28. The van der Waals surface area contributed by atoms with Gasteiger partial charge in [-0.1, -0.05) is 6.07 Å². The van der Waals surface area contributed by atoms with Gasteiger partial charge in [0.05, 0.1) is 24.5 Å².